The monoisotopic (exact) mass is 483 g/mol. The van der Waals surface area contributed by atoms with Gasteiger partial charge in [0.15, 0.2) is 11.9 Å². The van der Waals surface area contributed by atoms with Crippen LogP contribution in [0.2, 0.25) is 5.02 Å². The Kier molecular flexibility index (Phi) is 6.08. The van der Waals surface area contributed by atoms with Crippen LogP contribution in [0, 0.1) is 5.41 Å². The van der Waals surface area contributed by atoms with E-state index in [1.807, 2.05) is 54.6 Å². The van der Waals surface area contributed by atoms with Crippen molar-refractivity contribution in [1.82, 2.24) is 4.57 Å². The minimum Gasteiger partial charge on any atom is -0.447 e. The fraction of sp³-hybridized carbons (Fsp3) is 0.200. The third kappa shape index (κ3) is 4.67. The number of rotatable bonds is 5. The lowest BCUT2D eigenvalue weighted by molar-refractivity contribution is 0.0367. The Hall–Kier alpha value is -3.63. The van der Waals surface area contributed by atoms with Gasteiger partial charge in [-0.1, -0.05) is 74.0 Å². The van der Waals surface area contributed by atoms with Gasteiger partial charge >= 0.3 is 5.97 Å². The van der Waals surface area contributed by atoms with Crippen molar-refractivity contribution in [2.75, 3.05) is 0 Å². The highest BCUT2D eigenvalue weighted by molar-refractivity contribution is 6.30. The number of fused-ring (bicyclic) bond motifs is 1. The minimum absolute atomic E-state index is 0.103. The Bertz CT molecular complexity index is 1390. The van der Waals surface area contributed by atoms with E-state index in [4.69, 9.17) is 16.3 Å². The van der Waals surface area contributed by atoms with Crippen LogP contribution in [0.15, 0.2) is 91.0 Å². The molecule has 176 valence electrons. The topological polar surface area (TPSA) is 48.3 Å². The number of carbonyl (C=O) groups excluding carboxylic acids is 2. The van der Waals surface area contributed by atoms with Gasteiger partial charge in [-0.2, -0.15) is 0 Å². The zero-order valence-electron chi connectivity index (χ0n) is 19.7. The van der Waals surface area contributed by atoms with Crippen LogP contribution in [0.1, 0.15) is 64.0 Å². The predicted octanol–water partition coefficient (Wildman–Crippen LogP) is 7.23. The molecule has 3 aromatic carbocycles. The van der Waals surface area contributed by atoms with Gasteiger partial charge in [-0.15, -0.1) is 0 Å². The second kappa shape index (κ2) is 9.20. The number of carbonyl (C=O) groups is 2. The molecule has 0 N–H and O–H groups in total. The molecule has 0 radical (unpaired) electrons. The van der Waals surface area contributed by atoms with Gasteiger partial charge in [0.25, 0.3) is 0 Å². The van der Waals surface area contributed by atoms with Gasteiger partial charge in [-0.05, 0) is 59.9 Å². The van der Waals surface area contributed by atoms with Crippen LogP contribution >= 0.6 is 11.6 Å². The van der Waals surface area contributed by atoms with E-state index in [-0.39, 0.29) is 11.2 Å². The molecule has 5 heteroatoms. The summed E-state index contributed by atoms with van der Waals surface area (Å²) in [6.07, 6.45) is 0.449. The molecule has 35 heavy (non-hydrogen) atoms. The van der Waals surface area contributed by atoms with Crippen LogP contribution in [-0.2, 0) is 11.2 Å². The van der Waals surface area contributed by atoms with E-state index in [2.05, 4.69) is 18.4 Å². The first kappa shape index (κ1) is 23.1. The summed E-state index contributed by atoms with van der Waals surface area (Å²) < 4.78 is 8.24. The Balaban J connectivity index is 1.72. The summed E-state index contributed by atoms with van der Waals surface area (Å²) in [5.74, 6) is -0.340. The molecular weight excluding hydrogens is 458 g/mol. The SMILES string of the molecule is CC1(C)CC(=O)c2cc(C(OC(=O)c3ccccc3)c3cccc(Cl)c3)n(-c3ccccc3)c2C1. The predicted molar refractivity (Wildman–Crippen MR) is 137 cm³/mol. The maximum atomic E-state index is 13.2. The number of ether oxygens (including phenoxy) is 1. The molecular formula is C30H26ClNO3. The fourth-order valence-corrected chi connectivity index (χ4v) is 5.03. The Morgan fingerprint density at radius 3 is 2.29 bits per heavy atom. The van der Waals surface area contributed by atoms with Crippen LogP contribution < -0.4 is 0 Å². The number of hydrogen-bond acceptors (Lipinski definition) is 3. The van der Waals surface area contributed by atoms with Gasteiger partial charge in [0.2, 0.25) is 0 Å². The van der Waals surface area contributed by atoms with E-state index in [0.29, 0.717) is 22.6 Å². The standard InChI is InChI=1S/C30H26ClNO3/c1-30(2)18-26-24(27(33)19-30)17-25(32(26)23-14-7-4-8-15-23)28(21-12-9-13-22(31)16-21)35-29(34)20-10-5-3-6-11-20/h3-17,28H,18-19H2,1-2H3. The molecule has 5 rings (SSSR count). The summed E-state index contributed by atoms with van der Waals surface area (Å²) in [5, 5.41) is 0.544. The second-order valence-corrected chi connectivity index (χ2v) is 10.2. The largest absolute Gasteiger partial charge is 0.447 e. The lowest BCUT2D eigenvalue weighted by atomic mass is 9.76. The average Bonchev–Trinajstić information content (AvgIpc) is 3.21. The molecule has 1 aromatic heterocycles. The molecule has 1 heterocycles. The number of para-hydroxylation sites is 1. The van der Waals surface area contributed by atoms with Crippen LogP contribution in [0.25, 0.3) is 5.69 Å². The summed E-state index contributed by atoms with van der Waals surface area (Å²) in [4.78, 5) is 26.4. The van der Waals surface area contributed by atoms with Crippen molar-refractivity contribution < 1.29 is 14.3 Å². The lowest BCUT2D eigenvalue weighted by Gasteiger charge is -2.30. The fourth-order valence-electron chi connectivity index (χ4n) is 4.83. The zero-order valence-corrected chi connectivity index (χ0v) is 20.5. The lowest BCUT2D eigenvalue weighted by Crippen LogP contribution is -2.28. The van der Waals surface area contributed by atoms with E-state index >= 15 is 0 Å². The quantitative estimate of drug-likeness (QED) is 0.281. The van der Waals surface area contributed by atoms with Crippen LogP contribution in [-0.4, -0.2) is 16.3 Å². The number of Topliss-reactive ketones (excluding diaryl/α,β-unsaturated/α-hetero) is 1. The molecule has 0 amide bonds. The highest BCUT2D eigenvalue weighted by atomic mass is 35.5. The number of halogens is 1. The molecule has 0 bridgehead atoms. The van der Waals surface area contributed by atoms with Crippen molar-refractivity contribution in [3.63, 3.8) is 0 Å². The molecule has 1 atom stereocenters. The van der Waals surface area contributed by atoms with Gasteiger partial charge in [0.05, 0.1) is 11.3 Å². The number of esters is 1. The molecule has 1 aliphatic rings. The summed E-state index contributed by atoms with van der Waals surface area (Å²) >= 11 is 6.35. The maximum Gasteiger partial charge on any atom is 0.339 e. The third-order valence-corrected chi connectivity index (χ3v) is 6.62. The van der Waals surface area contributed by atoms with Crippen molar-refractivity contribution in [3.8, 4) is 5.69 Å². The Morgan fingerprint density at radius 1 is 0.914 bits per heavy atom. The van der Waals surface area contributed by atoms with E-state index in [0.717, 1.165) is 29.1 Å². The van der Waals surface area contributed by atoms with Gasteiger partial charge in [0, 0.05) is 28.4 Å². The molecule has 1 unspecified atom stereocenters. The maximum absolute atomic E-state index is 13.2. The van der Waals surface area contributed by atoms with Crippen LogP contribution in [0.5, 0.6) is 0 Å². The van der Waals surface area contributed by atoms with Gasteiger partial charge in [0.1, 0.15) is 0 Å². The van der Waals surface area contributed by atoms with Crippen molar-refractivity contribution in [3.05, 3.63) is 124 Å². The smallest absolute Gasteiger partial charge is 0.339 e. The van der Waals surface area contributed by atoms with E-state index in [9.17, 15) is 9.59 Å². The van der Waals surface area contributed by atoms with Crippen LogP contribution in [0.3, 0.4) is 0 Å². The molecule has 4 aromatic rings. The number of aromatic nitrogens is 1. The summed E-state index contributed by atoms with van der Waals surface area (Å²) in [7, 11) is 0. The van der Waals surface area contributed by atoms with Crippen LogP contribution in [0.4, 0.5) is 0 Å². The summed E-state index contributed by atoms with van der Waals surface area (Å²) in [5.41, 5.74) is 4.29. The molecule has 0 spiro atoms. The van der Waals surface area contributed by atoms with E-state index < -0.39 is 12.1 Å². The van der Waals surface area contributed by atoms with Gasteiger partial charge in [-0.3, -0.25) is 4.79 Å². The first-order valence-electron chi connectivity index (χ1n) is 11.7. The van der Waals surface area contributed by atoms with Crippen molar-refractivity contribution in [1.29, 1.82) is 0 Å². The summed E-state index contributed by atoms with van der Waals surface area (Å²) in [6, 6.07) is 28.0. The Morgan fingerprint density at radius 2 is 1.60 bits per heavy atom. The van der Waals surface area contributed by atoms with E-state index in [1.165, 1.54) is 0 Å². The first-order valence-corrected chi connectivity index (χ1v) is 12.0. The van der Waals surface area contributed by atoms with Crippen molar-refractivity contribution >= 4 is 23.4 Å². The number of hydrogen-bond donors (Lipinski definition) is 0. The third-order valence-electron chi connectivity index (χ3n) is 6.39. The molecule has 0 saturated carbocycles. The Labute approximate surface area is 210 Å². The molecule has 1 aliphatic carbocycles. The van der Waals surface area contributed by atoms with Crippen molar-refractivity contribution in [2.45, 2.75) is 32.8 Å². The van der Waals surface area contributed by atoms with Crippen molar-refractivity contribution in [2.24, 2.45) is 5.41 Å². The molecule has 4 nitrogen and oxygen atoms in total. The minimum atomic E-state index is -0.761. The van der Waals surface area contributed by atoms with Gasteiger partial charge in [-0.25, -0.2) is 4.79 Å². The second-order valence-electron chi connectivity index (χ2n) is 9.75. The number of benzene rings is 3. The summed E-state index contributed by atoms with van der Waals surface area (Å²) in [6.45, 7) is 4.22. The number of ketones is 1. The normalized spacial score (nSPS) is 15.3. The average molecular weight is 484 g/mol. The molecule has 0 saturated heterocycles. The zero-order chi connectivity index (χ0) is 24.6. The first-order chi connectivity index (χ1) is 16.8. The number of nitrogens with zero attached hydrogens (tertiary/aromatic N) is 1. The highest BCUT2D eigenvalue weighted by Gasteiger charge is 2.37. The highest BCUT2D eigenvalue weighted by Crippen LogP contribution is 2.41. The molecule has 0 fully saturated rings. The molecule has 0 aliphatic heterocycles. The van der Waals surface area contributed by atoms with Gasteiger partial charge < -0.3 is 9.30 Å². The van der Waals surface area contributed by atoms with E-state index in [1.54, 1.807) is 36.4 Å².